The number of halogens is 2. The first-order valence-corrected chi connectivity index (χ1v) is 11.9. The van der Waals surface area contributed by atoms with E-state index in [4.69, 9.17) is 16.3 Å². The Morgan fingerprint density at radius 3 is 2.55 bits per heavy atom. The quantitative estimate of drug-likeness (QED) is 0.505. The minimum absolute atomic E-state index is 0.0527. The molecule has 10 heteroatoms. The fraction of sp³-hybridized carbons (Fsp3) is 0.190. The van der Waals surface area contributed by atoms with E-state index in [1.54, 1.807) is 29.6 Å². The Labute approximate surface area is 189 Å². The van der Waals surface area contributed by atoms with E-state index in [9.17, 15) is 17.6 Å². The smallest absolute Gasteiger partial charge is 0.265 e. The van der Waals surface area contributed by atoms with Crippen LogP contribution in [0.3, 0.4) is 0 Å². The number of sulfonamides is 1. The predicted molar refractivity (Wildman–Crippen MR) is 120 cm³/mol. The van der Waals surface area contributed by atoms with Gasteiger partial charge in [0.1, 0.15) is 21.3 Å². The van der Waals surface area contributed by atoms with E-state index >= 15 is 0 Å². The highest BCUT2D eigenvalue weighted by Crippen LogP contribution is 2.29. The fourth-order valence-corrected chi connectivity index (χ4v) is 5.50. The lowest BCUT2D eigenvalue weighted by atomic mass is 10.2. The van der Waals surface area contributed by atoms with E-state index in [1.165, 1.54) is 31.3 Å². The zero-order valence-corrected chi connectivity index (χ0v) is 19.2. The Hall–Kier alpha value is -2.62. The number of carbonyl (C=O) groups is 1. The molecule has 0 fully saturated rings. The van der Waals surface area contributed by atoms with Crippen molar-refractivity contribution in [3.63, 3.8) is 0 Å². The van der Waals surface area contributed by atoms with E-state index in [0.29, 0.717) is 23.6 Å². The summed E-state index contributed by atoms with van der Waals surface area (Å²) in [6.45, 7) is 2.44. The number of hydrogen-bond acceptors (Lipinski definition) is 5. The summed E-state index contributed by atoms with van der Waals surface area (Å²) in [5.74, 6) is -0.469. The lowest BCUT2D eigenvalue weighted by molar-refractivity contribution is 0.0952. The molecule has 0 aliphatic rings. The van der Waals surface area contributed by atoms with Crippen molar-refractivity contribution in [2.75, 3.05) is 18.0 Å². The van der Waals surface area contributed by atoms with Gasteiger partial charge < -0.3 is 10.1 Å². The Morgan fingerprint density at radius 1 is 1.19 bits per heavy atom. The molecule has 1 N–H and O–H groups in total. The second-order valence-electron chi connectivity index (χ2n) is 6.44. The molecule has 0 atom stereocenters. The molecule has 3 rings (SSSR count). The van der Waals surface area contributed by atoms with Gasteiger partial charge in [0.05, 0.1) is 17.3 Å². The first-order chi connectivity index (χ1) is 14.7. The average Bonchev–Trinajstić information content (AvgIpc) is 3.26. The lowest BCUT2D eigenvalue weighted by Crippen LogP contribution is -2.29. The normalized spacial score (nSPS) is 11.2. The highest BCUT2D eigenvalue weighted by Gasteiger charge is 2.28. The highest BCUT2D eigenvalue weighted by atomic mass is 35.5. The average molecular weight is 483 g/mol. The van der Waals surface area contributed by atoms with E-state index in [0.717, 1.165) is 15.6 Å². The van der Waals surface area contributed by atoms with Crippen LogP contribution in [0.4, 0.5) is 10.1 Å². The van der Waals surface area contributed by atoms with Crippen LogP contribution in [0.5, 0.6) is 5.75 Å². The first kappa shape index (κ1) is 23.1. The van der Waals surface area contributed by atoms with Crippen molar-refractivity contribution >= 4 is 44.6 Å². The minimum Gasteiger partial charge on any atom is -0.494 e. The minimum atomic E-state index is -3.97. The Morgan fingerprint density at radius 2 is 1.90 bits per heavy atom. The Balaban J connectivity index is 1.78. The van der Waals surface area contributed by atoms with Crippen molar-refractivity contribution in [1.82, 2.24) is 5.32 Å². The summed E-state index contributed by atoms with van der Waals surface area (Å²) in [6, 6.07) is 12.1. The van der Waals surface area contributed by atoms with Gasteiger partial charge in [-0.05, 0) is 60.3 Å². The maximum atomic E-state index is 13.3. The number of carbonyl (C=O) groups excluding carboxylic acids is 1. The third-order valence-corrected chi connectivity index (χ3v) is 7.58. The summed E-state index contributed by atoms with van der Waals surface area (Å²) < 4.78 is 46.1. The van der Waals surface area contributed by atoms with Gasteiger partial charge >= 0.3 is 0 Å². The molecule has 0 aliphatic carbocycles. The number of nitrogens with one attached hydrogen (secondary N) is 1. The maximum absolute atomic E-state index is 13.3. The molecule has 1 heterocycles. The van der Waals surface area contributed by atoms with Gasteiger partial charge in [0, 0.05) is 13.6 Å². The van der Waals surface area contributed by atoms with E-state index in [-0.39, 0.29) is 21.3 Å². The second-order valence-corrected chi connectivity index (χ2v) is 9.71. The van der Waals surface area contributed by atoms with Gasteiger partial charge in [-0.25, -0.2) is 12.8 Å². The SMILES string of the molecule is CCOc1ccc(N(C)S(=O)(=O)c2ccsc2C(=O)NCc2ccc(F)c(Cl)c2)cc1. The lowest BCUT2D eigenvalue weighted by Gasteiger charge is -2.20. The van der Waals surface area contributed by atoms with Crippen LogP contribution in [-0.4, -0.2) is 28.0 Å². The number of anilines is 1. The van der Waals surface area contributed by atoms with Gasteiger partial charge in [0.25, 0.3) is 15.9 Å². The molecule has 0 saturated heterocycles. The number of amides is 1. The number of ether oxygens (including phenoxy) is 1. The number of rotatable bonds is 8. The van der Waals surface area contributed by atoms with Crippen LogP contribution in [0.1, 0.15) is 22.2 Å². The molecule has 0 spiro atoms. The van der Waals surface area contributed by atoms with Crippen LogP contribution < -0.4 is 14.4 Å². The first-order valence-electron chi connectivity index (χ1n) is 9.25. The summed E-state index contributed by atoms with van der Waals surface area (Å²) in [5.41, 5.74) is 1.02. The molecule has 1 aromatic heterocycles. The Bertz CT molecular complexity index is 1180. The van der Waals surface area contributed by atoms with Crippen LogP contribution >= 0.6 is 22.9 Å². The van der Waals surface area contributed by atoms with Crippen molar-refractivity contribution < 1.29 is 22.3 Å². The monoisotopic (exact) mass is 482 g/mol. The zero-order chi connectivity index (χ0) is 22.6. The molecule has 6 nitrogen and oxygen atoms in total. The summed E-state index contributed by atoms with van der Waals surface area (Å²) in [4.78, 5) is 12.6. The largest absolute Gasteiger partial charge is 0.494 e. The van der Waals surface area contributed by atoms with E-state index in [2.05, 4.69) is 5.32 Å². The van der Waals surface area contributed by atoms with Crippen LogP contribution in [0, 0.1) is 5.82 Å². The summed E-state index contributed by atoms with van der Waals surface area (Å²) >= 11 is 6.78. The molecule has 31 heavy (non-hydrogen) atoms. The molecule has 0 saturated carbocycles. The van der Waals surface area contributed by atoms with Crippen LogP contribution in [0.15, 0.2) is 58.8 Å². The standard InChI is InChI=1S/C21H20ClFN2O4S2/c1-3-29-16-7-5-15(6-8-16)25(2)31(27,28)19-10-11-30-20(19)21(26)24-13-14-4-9-18(23)17(22)12-14/h4-12H,3,13H2,1-2H3,(H,24,26). The third-order valence-electron chi connectivity index (χ3n) is 4.42. The molecular formula is C21H20ClFN2O4S2. The van der Waals surface area contributed by atoms with Gasteiger partial charge in [0.15, 0.2) is 0 Å². The van der Waals surface area contributed by atoms with Crippen LogP contribution in [-0.2, 0) is 16.6 Å². The summed E-state index contributed by atoms with van der Waals surface area (Å²) in [5, 5.41) is 4.14. The van der Waals surface area contributed by atoms with Crippen molar-refractivity contribution in [1.29, 1.82) is 0 Å². The molecule has 164 valence electrons. The summed E-state index contributed by atoms with van der Waals surface area (Å²) in [6.07, 6.45) is 0. The van der Waals surface area contributed by atoms with Crippen LogP contribution in [0.25, 0.3) is 0 Å². The van der Waals surface area contributed by atoms with Crippen molar-refractivity contribution in [2.45, 2.75) is 18.4 Å². The van der Waals surface area contributed by atoms with Gasteiger partial charge in [-0.15, -0.1) is 11.3 Å². The van der Waals surface area contributed by atoms with Crippen molar-refractivity contribution in [3.8, 4) is 5.75 Å². The van der Waals surface area contributed by atoms with Gasteiger partial charge in [0.2, 0.25) is 0 Å². The molecule has 0 unspecified atom stereocenters. The maximum Gasteiger partial charge on any atom is 0.265 e. The van der Waals surface area contributed by atoms with Gasteiger partial charge in [-0.2, -0.15) is 0 Å². The Kier molecular flexibility index (Phi) is 7.19. The van der Waals surface area contributed by atoms with Crippen molar-refractivity contribution in [3.05, 3.63) is 75.2 Å². The van der Waals surface area contributed by atoms with E-state index in [1.807, 2.05) is 6.92 Å². The van der Waals surface area contributed by atoms with Gasteiger partial charge in [-0.3, -0.25) is 9.10 Å². The number of thiophene rings is 1. The third kappa shape index (κ3) is 5.17. The number of nitrogens with zero attached hydrogens (tertiary/aromatic N) is 1. The zero-order valence-electron chi connectivity index (χ0n) is 16.8. The topological polar surface area (TPSA) is 75.7 Å². The molecule has 2 aromatic carbocycles. The summed E-state index contributed by atoms with van der Waals surface area (Å²) in [7, 11) is -2.55. The van der Waals surface area contributed by atoms with E-state index < -0.39 is 21.7 Å². The molecule has 3 aromatic rings. The molecule has 0 radical (unpaired) electrons. The second kappa shape index (κ2) is 9.67. The molecule has 1 amide bonds. The highest BCUT2D eigenvalue weighted by molar-refractivity contribution is 7.93. The van der Waals surface area contributed by atoms with Crippen molar-refractivity contribution in [2.24, 2.45) is 0 Å². The number of hydrogen-bond donors (Lipinski definition) is 1. The molecular weight excluding hydrogens is 463 g/mol. The number of benzene rings is 2. The predicted octanol–water partition coefficient (Wildman–Crippen LogP) is 4.69. The van der Waals surface area contributed by atoms with Gasteiger partial charge in [-0.1, -0.05) is 17.7 Å². The molecule has 0 bridgehead atoms. The fourth-order valence-electron chi connectivity index (χ4n) is 2.78. The molecule has 0 aliphatic heterocycles. The van der Waals surface area contributed by atoms with Crippen LogP contribution in [0.2, 0.25) is 5.02 Å².